The second-order valence-corrected chi connectivity index (χ2v) is 12.3. The van der Waals surface area contributed by atoms with Crippen LogP contribution in [0.4, 0.5) is 0 Å². The number of rotatable bonds is 9. The lowest BCUT2D eigenvalue weighted by molar-refractivity contribution is -0.0947. The van der Waals surface area contributed by atoms with Crippen LogP contribution in [0.15, 0.2) is 35.5 Å². The van der Waals surface area contributed by atoms with Gasteiger partial charge in [-0.3, -0.25) is 0 Å². The van der Waals surface area contributed by atoms with Crippen LogP contribution in [0.5, 0.6) is 0 Å². The molecule has 0 amide bonds. The summed E-state index contributed by atoms with van der Waals surface area (Å²) >= 11 is 0. The first-order valence-corrected chi connectivity index (χ1v) is 13.8. The van der Waals surface area contributed by atoms with Gasteiger partial charge in [-0.05, 0) is 93.1 Å². The number of ether oxygens (including phenoxy) is 1. The van der Waals surface area contributed by atoms with Gasteiger partial charge in [0.15, 0.2) is 0 Å². The zero-order chi connectivity index (χ0) is 25.1. The van der Waals surface area contributed by atoms with Crippen LogP contribution < -0.4 is 0 Å². The van der Waals surface area contributed by atoms with Gasteiger partial charge in [-0.2, -0.15) is 0 Å². The van der Waals surface area contributed by atoms with E-state index in [0.717, 1.165) is 37.2 Å². The first-order valence-electron chi connectivity index (χ1n) is 13.8. The highest BCUT2D eigenvalue weighted by Crippen LogP contribution is 2.60. The third-order valence-corrected chi connectivity index (χ3v) is 9.07. The first-order chi connectivity index (χ1) is 16.0. The van der Waals surface area contributed by atoms with Gasteiger partial charge in [0.25, 0.3) is 0 Å². The molecule has 4 heteroatoms. The molecule has 0 aromatic heterocycles. The molecule has 3 aliphatic rings. The molecule has 0 spiro atoms. The second-order valence-electron chi connectivity index (χ2n) is 12.3. The van der Waals surface area contributed by atoms with Crippen molar-refractivity contribution in [2.45, 2.75) is 123 Å². The Kier molecular flexibility index (Phi) is 9.28. The van der Waals surface area contributed by atoms with Crippen molar-refractivity contribution in [2.75, 3.05) is 6.61 Å². The third kappa shape index (κ3) is 6.24. The molecule has 3 N–H and O–H groups in total. The highest BCUT2D eigenvalue weighted by Gasteiger charge is 2.50. The fraction of sp³-hybridized carbons (Fsp3) is 0.800. The molecule has 3 aliphatic carbocycles. The van der Waals surface area contributed by atoms with E-state index in [0.29, 0.717) is 35.9 Å². The minimum atomic E-state index is -0.850. The van der Waals surface area contributed by atoms with E-state index >= 15 is 0 Å². The second kappa shape index (κ2) is 11.4. The fourth-order valence-corrected chi connectivity index (χ4v) is 7.18. The Morgan fingerprint density at radius 2 is 1.97 bits per heavy atom. The normalized spacial score (nSPS) is 37.9. The van der Waals surface area contributed by atoms with Crippen molar-refractivity contribution < 1.29 is 20.1 Å². The summed E-state index contributed by atoms with van der Waals surface area (Å²) in [5.41, 5.74) is 2.95. The number of allylic oxidation sites excluding steroid dienone is 3. The molecule has 4 nitrogen and oxygen atoms in total. The van der Waals surface area contributed by atoms with Gasteiger partial charge in [-0.1, -0.05) is 57.9 Å². The summed E-state index contributed by atoms with van der Waals surface area (Å²) < 4.78 is 5.70. The van der Waals surface area contributed by atoms with E-state index in [4.69, 9.17) is 4.74 Å². The Hall–Kier alpha value is -0.940. The quantitative estimate of drug-likeness (QED) is 0.377. The van der Waals surface area contributed by atoms with Crippen molar-refractivity contribution in [2.24, 2.45) is 23.2 Å². The third-order valence-electron chi connectivity index (χ3n) is 9.07. The maximum atomic E-state index is 10.7. The van der Waals surface area contributed by atoms with Gasteiger partial charge in [-0.25, -0.2) is 0 Å². The Morgan fingerprint density at radius 1 is 1.24 bits per heavy atom. The Labute approximate surface area is 208 Å². The van der Waals surface area contributed by atoms with Gasteiger partial charge in [0.1, 0.15) is 12.2 Å². The van der Waals surface area contributed by atoms with Gasteiger partial charge in [0.05, 0.1) is 11.7 Å². The minimum Gasteiger partial charge on any atom is -0.390 e. The molecule has 3 rings (SSSR count). The summed E-state index contributed by atoms with van der Waals surface area (Å²) in [7, 11) is 0. The maximum absolute atomic E-state index is 10.7. The fourth-order valence-electron chi connectivity index (χ4n) is 7.18. The molecule has 0 saturated heterocycles. The summed E-state index contributed by atoms with van der Waals surface area (Å²) in [5.74, 6) is 2.03. The molecule has 0 aromatic carbocycles. The monoisotopic (exact) mass is 474 g/mol. The average molecular weight is 475 g/mol. The number of hydrogen-bond donors (Lipinski definition) is 3. The first kappa shape index (κ1) is 27.6. The van der Waals surface area contributed by atoms with Crippen LogP contribution in [0.2, 0.25) is 0 Å². The van der Waals surface area contributed by atoms with E-state index < -0.39 is 23.9 Å². The van der Waals surface area contributed by atoms with E-state index in [1.807, 2.05) is 20.8 Å². The molecule has 3 saturated carbocycles. The minimum absolute atomic E-state index is 0.346. The molecular weight excluding hydrogens is 424 g/mol. The van der Waals surface area contributed by atoms with Gasteiger partial charge in [0, 0.05) is 13.0 Å². The topological polar surface area (TPSA) is 69.9 Å². The maximum Gasteiger partial charge on any atom is 0.114 e. The van der Waals surface area contributed by atoms with Crippen LogP contribution in [-0.4, -0.2) is 45.8 Å². The van der Waals surface area contributed by atoms with E-state index in [1.54, 1.807) is 0 Å². The lowest BCUT2D eigenvalue weighted by Crippen LogP contribution is -2.45. The zero-order valence-corrected chi connectivity index (χ0v) is 22.4. The average Bonchev–Trinajstić information content (AvgIpc) is 3.12. The Morgan fingerprint density at radius 3 is 2.65 bits per heavy atom. The highest BCUT2D eigenvalue weighted by atomic mass is 16.5. The van der Waals surface area contributed by atoms with Crippen LogP contribution in [0.1, 0.15) is 98.8 Å². The van der Waals surface area contributed by atoms with Crippen molar-refractivity contribution in [3.63, 3.8) is 0 Å². The van der Waals surface area contributed by atoms with Crippen LogP contribution in [0.25, 0.3) is 0 Å². The van der Waals surface area contributed by atoms with E-state index in [2.05, 4.69) is 32.6 Å². The molecule has 0 heterocycles. The summed E-state index contributed by atoms with van der Waals surface area (Å²) in [6.45, 7) is 15.5. The molecule has 0 aliphatic heterocycles. The molecule has 0 radical (unpaired) electrons. The molecular formula is C30H50O4. The Bertz CT molecular complexity index is 760. The summed E-state index contributed by atoms with van der Waals surface area (Å²) in [5, 5.41) is 31.4. The molecule has 0 unspecified atom stereocenters. The highest BCUT2D eigenvalue weighted by molar-refractivity contribution is 5.40. The van der Waals surface area contributed by atoms with Gasteiger partial charge >= 0.3 is 0 Å². The number of aliphatic hydroxyl groups excluding tert-OH is 2. The largest absolute Gasteiger partial charge is 0.390 e. The van der Waals surface area contributed by atoms with Crippen LogP contribution in [0, 0.1) is 23.2 Å². The number of hydrogen-bond acceptors (Lipinski definition) is 4. The van der Waals surface area contributed by atoms with Crippen molar-refractivity contribution in [1.82, 2.24) is 0 Å². The van der Waals surface area contributed by atoms with Crippen molar-refractivity contribution >= 4 is 0 Å². The van der Waals surface area contributed by atoms with Crippen molar-refractivity contribution in [3.05, 3.63) is 35.5 Å². The lowest BCUT2D eigenvalue weighted by atomic mass is 9.60. The Balaban J connectivity index is 1.69. The van der Waals surface area contributed by atoms with E-state index in [1.165, 1.54) is 37.7 Å². The lowest BCUT2D eigenvalue weighted by Gasteiger charge is -2.44. The molecule has 0 aromatic rings. The SMILES string of the molecule is C=C1/C(=C\C=C2/CCC[C@]3(C)[C@@H]([C@H](C)CCCC(C)(C)O)CC[C@@H]23)C[C@@H](O)[C@H](OCCC)[C@@H]1O. The zero-order valence-electron chi connectivity index (χ0n) is 22.4. The smallest absolute Gasteiger partial charge is 0.114 e. The summed E-state index contributed by atoms with van der Waals surface area (Å²) in [4.78, 5) is 0. The van der Waals surface area contributed by atoms with Crippen LogP contribution in [-0.2, 0) is 4.74 Å². The van der Waals surface area contributed by atoms with E-state index in [-0.39, 0.29) is 0 Å². The number of aliphatic hydroxyl groups is 3. The van der Waals surface area contributed by atoms with E-state index in [9.17, 15) is 15.3 Å². The standard InChI is InChI=1S/C30H50O4/c1-7-18-34-28-26(31)19-23(21(3)27(28)32)13-12-22-11-9-17-30(6)24(14-15-25(22)30)20(2)10-8-16-29(4,5)33/h12-13,20,24-28,31-33H,3,7-11,14-19H2,1-2,4-6H3/b22-12+,23-13-/t20-,24-,25+,26-,27-,28+,30-/m1/s1. The van der Waals surface area contributed by atoms with Gasteiger partial charge < -0.3 is 20.1 Å². The number of fused-ring (bicyclic) bond motifs is 1. The molecule has 194 valence electrons. The predicted molar refractivity (Wildman–Crippen MR) is 139 cm³/mol. The molecule has 34 heavy (non-hydrogen) atoms. The van der Waals surface area contributed by atoms with Gasteiger partial charge in [0.2, 0.25) is 0 Å². The van der Waals surface area contributed by atoms with Crippen molar-refractivity contribution in [3.8, 4) is 0 Å². The van der Waals surface area contributed by atoms with Crippen LogP contribution >= 0.6 is 0 Å². The molecule has 0 bridgehead atoms. The summed E-state index contributed by atoms with van der Waals surface area (Å²) in [6, 6.07) is 0. The molecule has 7 atom stereocenters. The van der Waals surface area contributed by atoms with Gasteiger partial charge in [-0.15, -0.1) is 0 Å². The summed E-state index contributed by atoms with van der Waals surface area (Å²) in [6.07, 6.45) is 13.0. The van der Waals surface area contributed by atoms with Crippen molar-refractivity contribution in [1.29, 1.82) is 0 Å². The predicted octanol–water partition coefficient (Wildman–Crippen LogP) is 6.11. The van der Waals surface area contributed by atoms with Crippen LogP contribution in [0.3, 0.4) is 0 Å². The molecule has 3 fully saturated rings.